The summed E-state index contributed by atoms with van der Waals surface area (Å²) >= 11 is 3.69. The van der Waals surface area contributed by atoms with Crippen LogP contribution in [0.4, 0.5) is 5.82 Å². The summed E-state index contributed by atoms with van der Waals surface area (Å²) in [5.74, 6) is 1.53. The normalized spacial score (nSPS) is 11.5. The summed E-state index contributed by atoms with van der Waals surface area (Å²) in [5, 5.41) is 6.58. The highest BCUT2D eigenvalue weighted by Crippen LogP contribution is 2.35. The average molecular weight is 370 g/mol. The Morgan fingerprint density at radius 2 is 1.87 bits per heavy atom. The first-order valence-electron chi connectivity index (χ1n) is 7.17. The van der Waals surface area contributed by atoms with Crippen molar-refractivity contribution in [3.8, 4) is 5.75 Å². The molecule has 0 bridgehead atoms. The van der Waals surface area contributed by atoms with Crippen molar-refractivity contribution < 1.29 is 4.74 Å². The first-order chi connectivity index (χ1) is 11.2. The topological polar surface area (TPSA) is 46.5 Å². The van der Waals surface area contributed by atoms with Crippen LogP contribution in [0.1, 0.15) is 12.5 Å². The molecule has 3 aromatic rings. The molecule has 0 spiro atoms. The zero-order chi connectivity index (χ0) is 16.2. The van der Waals surface area contributed by atoms with Gasteiger partial charge in [-0.15, -0.1) is 0 Å². The molecule has 1 aromatic heterocycles. The summed E-state index contributed by atoms with van der Waals surface area (Å²) in [4.78, 5) is 4.20. The van der Waals surface area contributed by atoms with Gasteiger partial charge < -0.3 is 4.74 Å². The van der Waals surface area contributed by atoms with Crippen molar-refractivity contribution in [2.24, 2.45) is 5.10 Å². The third-order valence-electron chi connectivity index (χ3n) is 3.55. The molecule has 2 aromatic carbocycles. The zero-order valence-electron chi connectivity index (χ0n) is 12.9. The minimum atomic E-state index is 0.704. The van der Waals surface area contributed by atoms with E-state index in [4.69, 9.17) is 4.74 Å². The van der Waals surface area contributed by atoms with Gasteiger partial charge in [-0.2, -0.15) is 5.10 Å². The Kier molecular flexibility index (Phi) is 4.57. The van der Waals surface area contributed by atoms with E-state index in [1.54, 1.807) is 13.3 Å². The number of aromatic nitrogens is 1. The molecule has 0 aliphatic carbocycles. The number of fused-ring (bicyclic) bond motifs is 1. The van der Waals surface area contributed by atoms with Crippen LogP contribution < -0.4 is 10.2 Å². The summed E-state index contributed by atoms with van der Waals surface area (Å²) in [6.45, 7) is 1.95. The molecule has 0 atom stereocenters. The van der Waals surface area contributed by atoms with Gasteiger partial charge in [-0.3, -0.25) is 5.43 Å². The Bertz CT molecular complexity index is 863. The van der Waals surface area contributed by atoms with Crippen molar-refractivity contribution >= 4 is 38.2 Å². The van der Waals surface area contributed by atoms with Crippen molar-refractivity contribution in [2.75, 3.05) is 12.5 Å². The van der Waals surface area contributed by atoms with E-state index in [2.05, 4.69) is 37.5 Å². The maximum atomic E-state index is 5.53. The lowest BCUT2D eigenvalue weighted by atomic mass is 10.0. The van der Waals surface area contributed by atoms with E-state index in [9.17, 15) is 0 Å². The number of halogens is 1. The molecule has 0 aliphatic rings. The Morgan fingerprint density at radius 3 is 2.57 bits per heavy atom. The van der Waals surface area contributed by atoms with Crippen molar-refractivity contribution in [1.82, 2.24) is 4.98 Å². The van der Waals surface area contributed by atoms with Crippen LogP contribution in [0.5, 0.6) is 5.75 Å². The monoisotopic (exact) mass is 369 g/mol. The van der Waals surface area contributed by atoms with Crippen LogP contribution in [0.15, 0.2) is 64.3 Å². The number of ether oxygens (including phenoxy) is 1. The van der Waals surface area contributed by atoms with Crippen molar-refractivity contribution in [3.63, 3.8) is 0 Å². The van der Waals surface area contributed by atoms with Crippen LogP contribution in [-0.2, 0) is 0 Å². The number of nitrogens with one attached hydrogen (secondary N) is 1. The summed E-state index contributed by atoms with van der Waals surface area (Å²) in [6.07, 6.45) is 1.72. The van der Waals surface area contributed by atoms with Crippen LogP contribution in [0.25, 0.3) is 10.8 Å². The highest BCUT2D eigenvalue weighted by molar-refractivity contribution is 9.10. The first-order valence-corrected chi connectivity index (χ1v) is 7.97. The third kappa shape index (κ3) is 3.19. The molecular weight excluding hydrogens is 354 g/mol. The minimum Gasteiger partial charge on any atom is -0.496 e. The Hall–Kier alpha value is -2.40. The van der Waals surface area contributed by atoms with Crippen LogP contribution in [-0.4, -0.2) is 17.8 Å². The van der Waals surface area contributed by atoms with Gasteiger partial charge in [0.2, 0.25) is 0 Å². The fourth-order valence-electron chi connectivity index (χ4n) is 2.37. The van der Waals surface area contributed by atoms with Gasteiger partial charge in [0.15, 0.2) is 0 Å². The average Bonchev–Trinajstić information content (AvgIpc) is 2.61. The maximum absolute atomic E-state index is 5.53. The zero-order valence-corrected chi connectivity index (χ0v) is 14.5. The minimum absolute atomic E-state index is 0.704. The number of nitrogens with zero attached hydrogens (tertiary/aromatic N) is 2. The van der Waals surface area contributed by atoms with Gasteiger partial charge in [0, 0.05) is 27.0 Å². The van der Waals surface area contributed by atoms with E-state index in [1.807, 2.05) is 49.4 Å². The molecule has 1 N–H and O–H groups in total. The van der Waals surface area contributed by atoms with Gasteiger partial charge in [-0.05, 0) is 41.1 Å². The quantitative estimate of drug-likeness (QED) is 0.528. The molecule has 0 aliphatic heterocycles. The number of hydrogen-bond donors (Lipinski definition) is 1. The van der Waals surface area contributed by atoms with Crippen LogP contribution in [0.3, 0.4) is 0 Å². The number of methoxy groups -OCH3 is 1. The molecular formula is C18H16BrN3O. The van der Waals surface area contributed by atoms with Crippen LogP contribution in [0, 0.1) is 0 Å². The number of pyridine rings is 1. The van der Waals surface area contributed by atoms with Gasteiger partial charge in [0.25, 0.3) is 0 Å². The molecule has 0 unspecified atom stereocenters. The predicted octanol–water partition coefficient (Wildman–Crippen LogP) is 4.84. The third-order valence-corrected chi connectivity index (χ3v) is 4.41. The molecule has 0 radical (unpaired) electrons. The van der Waals surface area contributed by atoms with Crippen molar-refractivity contribution in [1.29, 1.82) is 0 Å². The van der Waals surface area contributed by atoms with Gasteiger partial charge >= 0.3 is 0 Å². The second-order valence-electron chi connectivity index (χ2n) is 5.01. The largest absolute Gasteiger partial charge is 0.496 e. The molecule has 0 saturated carbocycles. The predicted molar refractivity (Wildman–Crippen MR) is 98.3 cm³/mol. The lowest BCUT2D eigenvalue weighted by Gasteiger charge is -2.12. The number of rotatable bonds is 4. The van der Waals surface area contributed by atoms with E-state index in [-0.39, 0.29) is 0 Å². The van der Waals surface area contributed by atoms with E-state index < -0.39 is 0 Å². The van der Waals surface area contributed by atoms with E-state index in [0.717, 1.165) is 32.3 Å². The fourth-order valence-corrected chi connectivity index (χ4v) is 3.12. The van der Waals surface area contributed by atoms with Crippen LogP contribution in [0.2, 0.25) is 0 Å². The first kappa shape index (κ1) is 15.5. The summed E-state index contributed by atoms with van der Waals surface area (Å²) in [5.41, 5.74) is 4.79. The van der Waals surface area contributed by atoms with E-state index in [1.165, 1.54) is 0 Å². The highest BCUT2D eigenvalue weighted by Gasteiger charge is 2.12. The fraction of sp³-hybridized carbons (Fsp3) is 0.111. The maximum Gasteiger partial charge on any atom is 0.146 e. The van der Waals surface area contributed by atoms with E-state index >= 15 is 0 Å². The summed E-state index contributed by atoms with van der Waals surface area (Å²) in [6, 6.07) is 15.8. The van der Waals surface area contributed by atoms with Gasteiger partial charge in [-0.25, -0.2) is 4.98 Å². The summed E-state index contributed by atoms with van der Waals surface area (Å²) in [7, 11) is 1.68. The highest BCUT2D eigenvalue weighted by atomic mass is 79.9. The molecule has 3 rings (SSSR count). The van der Waals surface area contributed by atoms with Gasteiger partial charge in [-0.1, -0.05) is 30.3 Å². The van der Waals surface area contributed by atoms with E-state index in [0.29, 0.717) is 5.82 Å². The number of benzene rings is 2. The second-order valence-corrected chi connectivity index (χ2v) is 5.80. The van der Waals surface area contributed by atoms with Crippen molar-refractivity contribution in [2.45, 2.75) is 6.92 Å². The van der Waals surface area contributed by atoms with Gasteiger partial charge in [0.1, 0.15) is 11.6 Å². The summed E-state index contributed by atoms with van der Waals surface area (Å²) < 4.78 is 6.53. The lowest BCUT2D eigenvalue weighted by Crippen LogP contribution is -2.03. The molecule has 0 fully saturated rings. The molecule has 0 amide bonds. The number of hydrazone groups is 1. The number of hydrogen-bond acceptors (Lipinski definition) is 4. The smallest absolute Gasteiger partial charge is 0.146 e. The number of anilines is 1. The Morgan fingerprint density at radius 1 is 1.13 bits per heavy atom. The molecule has 0 saturated heterocycles. The molecule has 4 nitrogen and oxygen atoms in total. The molecule has 1 heterocycles. The Balaban J connectivity index is 2.03. The van der Waals surface area contributed by atoms with Crippen molar-refractivity contribution in [3.05, 3.63) is 64.8 Å². The lowest BCUT2D eigenvalue weighted by molar-refractivity contribution is 0.419. The Labute approximate surface area is 143 Å². The van der Waals surface area contributed by atoms with Crippen LogP contribution >= 0.6 is 15.9 Å². The molecule has 116 valence electrons. The molecule has 23 heavy (non-hydrogen) atoms. The standard InChI is InChI=1S/C18H16BrN3O/c1-12(21-22-17-9-5-6-10-20-17)15-11-16(23-2)13-7-3-4-8-14(13)18(15)19/h3-11H,1-2H3,(H,20,22). The molecule has 5 heteroatoms. The second kappa shape index (κ2) is 6.79. The SMILES string of the molecule is COc1cc(C(C)=NNc2ccccn2)c(Br)c2ccccc12. The van der Waals surface area contributed by atoms with Gasteiger partial charge in [0.05, 0.1) is 12.8 Å².